The normalized spacial score (nSPS) is 30.2. The number of hydrogen-bond acceptors (Lipinski definition) is 3. The Hall–Kier alpha value is -0.730. The zero-order valence-corrected chi connectivity index (χ0v) is 10.9. The molecule has 3 nitrogen and oxygen atoms in total. The van der Waals surface area contributed by atoms with E-state index in [-0.39, 0.29) is 6.10 Å². The summed E-state index contributed by atoms with van der Waals surface area (Å²) in [4.78, 5) is 11.3. The average Bonchev–Trinajstić information content (AvgIpc) is 2.17. The first-order valence-corrected chi connectivity index (χ1v) is 6.38. The number of rotatable bonds is 3. The highest BCUT2D eigenvalue weighted by molar-refractivity contribution is 5.60. The standard InChI is InChI=1S/C13H24O3/c1-5-15-13(14)16-12-8-10(4)6-7-11(12)9(2)3/h9-12H,5-8H2,1-4H3. The van der Waals surface area contributed by atoms with E-state index in [0.717, 1.165) is 12.8 Å². The SMILES string of the molecule is CCOC(=O)OC1CC(C)CCC1C(C)C. The molecule has 1 aliphatic rings. The summed E-state index contributed by atoms with van der Waals surface area (Å²) in [7, 11) is 0. The second-order valence-corrected chi connectivity index (χ2v) is 5.17. The Bertz CT molecular complexity index is 225. The van der Waals surface area contributed by atoms with Crippen LogP contribution in [0.3, 0.4) is 0 Å². The van der Waals surface area contributed by atoms with Gasteiger partial charge in [0.15, 0.2) is 0 Å². The van der Waals surface area contributed by atoms with Crippen LogP contribution in [-0.4, -0.2) is 18.9 Å². The molecule has 1 saturated carbocycles. The molecule has 3 heteroatoms. The van der Waals surface area contributed by atoms with Crippen molar-refractivity contribution in [3.05, 3.63) is 0 Å². The maximum absolute atomic E-state index is 11.3. The second-order valence-electron chi connectivity index (χ2n) is 5.17. The third-order valence-corrected chi connectivity index (χ3v) is 3.47. The predicted octanol–water partition coefficient (Wildman–Crippen LogP) is 3.62. The van der Waals surface area contributed by atoms with Crippen LogP contribution >= 0.6 is 0 Å². The second kappa shape index (κ2) is 6.12. The van der Waals surface area contributed by atoms with E-state index in [1.54, 1.807) is 6.92 Å². The monoisotopic (exact) mass is 228 g/mol. The van der Waals surface area contributed by atoms with Gasteiger partial charge in [-0.25, -0.2) is 4.79 Å². The number of hydrogen-bond donors (Lipinski definition) is 0. The van der Waals surface area contributed by atoms with Gasteiger partial charge < -0.3 is 9.47 Å². The first-order valence-electron chi connectivity index (χ1n) is 6.38. The lowest BCUT2D eigenvalue weighted by atomic mass is 9.75. The first-order chi connectivity index (χ1) is 7.54. The van der Waals surface area contributed by atoms with E-state index in [1.165, 1.54) is 6.42 Å². The van der Waals surface area contributed by atoms with Crippen molar-refractivity contribution in [1.29, 1.82) is 0 Å². The van der Waals surface area contributed by atoms with E-state index in [2.05, 4.69) is 20.8 Å². The smallest absolute Gasteiger partial charge is 0.435 e. The van der Waals surface area contributed by atoms with Crippen LogP contribution in [0.25, 0.3) is 0 Å². The molecule has 0 bridgehead atoms. The molecule has 3 unspecified atom stereocenters. The minimum absolute atomic E-state index is 0.0443. The van der Waals surface area contributed by atoms with Crippen molar-refractivity contribution < 1.29 is 14.3 Å². The van der Waals surface area contributed by atoms with Crippen LogP contribution < -0.4 is 0 Å². The summed E-state index contributed by atoms with van der Waals surface area (Å²) in [5, 5.41) is 0. The zero-order chi connectivity index (χ0) is 12.1. The lowest BCUT2D eigenvalue weighted by molar-refractivity contribution is -0.0303. The molecular weight excluding hydrogens is 204 g/mol. The van der Waals surface area contributed by atoms with Crippen LogP contribution in [0.4, 0.5) is 4.79 Å². The van der Waals surface area contributed by atoms with Crippen LogP contribution in [0, 0.1) is 17.8 Å². The van der Waals surface area contributed by atoms with Gasteiger partial charge in [0.1, 0.15) is 6.10 Å². The molecule has 0 spiro atoms. The molecule has 0 saturated heterocycles. The molecule has 3 atom stereocenters. The summed E-state index contributed by atoms with van der Waals surface area (Å²) in [6.45, 7) is 8.79. The van der Waals surface area contributed by atoms with Gasteiger partial charge in [-0.05, 0) is 37.5 Å². The van der Waals surface area contributed by atoms with Gasteiger partial charge in [-0.15, -0.1) is 0 Å². The average molecular weight is 228 g/mol. The van der Waals surface area contributed by atoms with Gasteiger partial charge in [-0.2, -0.15) is 0 Å². The van der Waals surface area contributed by atoms with E-state index < -0.39 is 6.16 Å². The van der Waals surface area contributed by atoms with Gasteiger partial charge in [0.05, 0.1) is 6.61 Å². The van der Waals surface area contributed by atoms with E-state index in [9.17, 15) is 4.79 Å². The van der Waals surface area contributed by atoms with Crippen LogP contribution in [0.5, 0.6) is 0 Å². The fourth-order valence-corrected chi connectivity index (χ4v) is 2.53. The van der Waals surface area contributed by atoms with Crippen molar-refractivity contribution in [2.45, 2.75) is 53.1 Å². The molecule has 0 radical (unpaired) electrons. The highest BCUT2D eigenvalue weighted by atomic mass is 16.7. The summed E-state index contributed by atoms with van der Waals surface area (Å²) in [5.41, 5.74) is 0. The van der Waals surface area contributed by atoms with Gasteiger partial charge in [0.25, 0.3) is 0 Å². The fraction of sp³-hybridized carbons (Fsp3) is 0.923. The molecule has 1 rings (SSSR count). The Balaban J connectivity index is 2.54. The van der Waals surface area contributed by atoms with Gasteiger partial charge >= 0.3 is 6.16 Å². The number of carbonyl (C=O) groups is 1. The van der Waals surface area contributed by atoms with Crippen molar-refractivity contribution >= 4 is 6.16 Å². The third-order valence-electron chi connectivity index (χ3n) is 3.47. The lowest BCUT2D eigenvalue weighted by Crippen LogP contribution is -2.36. The molecule has 0 aromatic heterocycles. The van der Waals surface area contributed by atoms with E-state index in [0.29, 0.717) is 24.4 Å². The van der Waals surface area contributed by atoms with E-state index in [1.807, 2.05) is 0 Å². The van der Waals surface area contributed by atoms with Gasteiger partial charge in [-0.3, -0.25) is 0 Å². The highest BCUT2D eigenvalue weighted by Crippen LogP contribution is 2.35. The fourth-order valence-electron chi connectivity index (χ4n) is 2.53. The summed E-state index contributed by atoms with van der Waals surface area (Å²) in [5.74, 6) is 1.70. The van der Waals surface area contributed by atoms with Crippen molar-refractivity contribution in [3.8, 4) is 0 Å². The Morgan fingerprint density at radius 3 is 2.62 bits per heavy atom. The zero-order valence-electron chi connectivity index (χ0n) is 10.9. The quantitative estimate of drug-likeness (QED) is 0.692. The molecular formula is C13H24O3. The Labute approximate surface area is 98.5 Å². The van der Waals surface area contributed by atoms with Crippen LogP contribution in [0.2, 0.25) is 0 Å². The lowest BCUT2D eigenvalue weighted by Gasteiger charge is -2.36. The van der Waals surface area contributed by atoms with Gasteiger partial charge in [0, 0.05) is 0 Å². The number of ether oxygens (including phenoxy) is 2. The van der Waals surface area contributed by atoms with Crippen molar-refractivity contribution in [1.82, 2.24) is 0 Å². The van der Waals surface area contributed by atoms with Crippen LogP contribution in [0.1, 0.15) is 47.0 Å². The molecule has 0 aromatic rings. The molecule has 16 heavy (non-hydrogen) atoms. The van der Waals surface area contributed by atoms with Crippen LogP contribution in [-0.2, 0) is 9.47 Å². The molecule has 0 aliphatic heterocycles. The number of carbonyl (C=O) groups excluding carboxylic acids is 1. The summed E-state index contributed by atoms with van der Waals surface area (Å²) < 4.78 is 10.3. The third kappa shape index (κ3) is 3.69. The molecule has 0 aromatic carbocycles. The molecule has 94 valence electrons. The Kier molecular flexibility index (Phi) is 5.10. The van der Waals surface area contributed by atoms with Crippen molar-refractivity contribution in [2.75, 3.05) is 6.61 Å². The van der Waals surface area contributed by atoms with Gasteiger partial charge in [0.2, 0.25) is 0 Å². The summed E-state index contributed by atoms with van der Waals surface area (Å²) >= 11 is 0. The molecule has 0 N–H and O–H groups in total. The molecule has 0 heterocycles. The molecule has 1 aliphatic carbocycles. The van der Waals surface area contributed by atoms with E-state index in [4.69, 9.17) is 9.47 Å². The maximum atomic E-state index is 11.3. The van der Waals surface area contributed by atoms with Crippen molar-refractivity contribution in [2.24, 2.45) is 17.8 Å². The van der Waals surface area contributed by atoms with Crippen molar-refractivity contribution in [3.63, 3.8) is 0 Å². The van der Waals surface area contributed by atoms with Gasteiger partial charge in [-0.1, -0.05) is 27.2 Å². The predicted molar refractivity (Wildman–Crippen MR) is 63.2 cm³/mol. The molecule has 0 amide bonds. The summed E-state index contributed by atoms with van der Waals surface area (Å²) in [6.07, 6.45) is 2.91. The first kappa shape index (κ1) is 13.3. The van der Waals surface area contributed by atoms with Crippen LogP contribution in [0.15, 0.2) is 0 Å². The molecule has 1 fully saturated rings. The minimum Gasteiger partial charge on any atom is -0.435 e. The maximum Gasteiger partial charge on any atom is 0.508 e. The topological polar surface area (TPSA) is 35.5 Å². The summed E-state index contributed by atoms with van der Waals surface area (Å²) in [6, 6.07) is 0. The minimum atomic E-state index is -0.507. The Morgan fingerprint density at radius 2 is 2.06 bits per heavy atom. The van der Waals surface area contributed by atoms with E-state index >= 15 is 0 Å². The largest absolute Gasteiger partial charge is 0.508 e. The highest BCUT2D eigenvalue weighted by Gasteiger charge is 2.33. The Morgan fingerprint density at radius 1 is 1.38 bits per heavy atom.